The normalized spacial score (nSPS) is 22.0. The van der Waals surface area contributed by atoms with Crippen molar-refractivity contribution in [1.82, 2.24) is 5.32 Å². The van der Waals surface area contributed by atoms with Gasteiger partial charge in [0, 0.05) is 17.2 Å². The number of Topliss-reactive ketones (excluding diaryl/α,β-unsaturated/α-hetero) is 1. The van der Waals surface area contributed by atoms with E-state index in [2.05, 4.69) is 11.4 Å². The number of benzene rings is 2. The summed E-state index contributed by atoms with van der Waals surface area (Å²) in [6.07, 6.45) is 8.12. The van der Waals surface area contributed by atoms with Gasteiger partial charge in [-0.15, -0.1) is 0 Å². The Kier molecular flexibility index (Phi) is 5.17. The summed E-state index contributed by atoms with van der Waals surface area (Å²) in [5.74, 6) is 0.0972. The van der Waals surface area contributed by atoms with Gasteiger partial charge in [-0.1, -0.05) is 72.8 Å². The van der Waals surface area contributed by atoms with E-state index in [0.717, 1.165) is 22.3 Å². The highest BCUT2D eigenvalue weighted by atomic mass is 35.5. The van der Waals surface area contributed by atoms with Gasteiger partial charge in [0.15, 0.2) is 5.78 Å². The third-order valence-corrected chi connectivity index (χ3v) is 6.10. The van der Waals surface area contributed by atoms with Crippen molar-refractivity contribution in [3.8, 4) is 0 Å². The molecule has 0 bridgehead atoms. The molecule has 1 N–H and O–H groups in total. The Morgan fingerprint density at radius 1 is 0.962 bits per heavy atom. The average molecular weight is 386 g/mol. The van der Waals surface area contributed by atoms with E-state index < -0.39 is 0 Å². The van der Waals surface area contributed by atoms with Crippen LogP contribution in [0, 0.1) is 0 Å². The Bertz CT molecular complexity index is 868. The van der Waals surface area contributed by atoms with Gasteiger partial charge in [-0.25, -0.2) is 0 Å². The van der Waals surface area contributed by atoms with Crippen LogP contribution in [0.2, 0.25) is 10.0 Å². The Morgan fingerprint density at radius 3 is 2.50 bits per heavy atom. The molecule has 0 radical (unpaired) electrons. The van der Waals surface area contributed by atoms with Gasteiger partial charge >= 0.3 is 0 Å². The first kappa shape index (κ1) is 17.8. The molecule has 2 aliphatic carbocycles. The topological polar surface area (TPSA) is 29.1 Å². The lowest BCUT2D eigenvalue weighted by Gasteiger charge is -2.27. The molecule has 26 heavy (non-hydrogen) atoms. The molecule has 1 fully saturated rings. The maximum absolute atomic E-state index is 13.0. The largest absolute Gasteiger partial charge is 0.303 e. The molecule has 0 heterocycles. The standard InChI is InChI=1S/C22H21Cl2NO/c23-19-11-10-14(13-20(19)24)12-18-21(25-15-6-2-1-3-7-15)16-8-4-5-9-17(16)22(18)26/h4-5,8-13,15,21,25H,1-3,6-7H2/b18-12+. The van der Waals surface area contributed by atoms with Crippen molar-refractivity contribution in [2.24, 2.45) is 0 Å². The Labute approximate surface area is 164 Å². The quantitative estimate of drug-likeness (QED) is 0.633. The van der Waals surface area contributed by atoms with Crippen LogP contribution >= 0.6 is 23.2 Å². The van der Waals surface area contributed by atoms with Gasteiger partial charge in [-0.3, -0.25) is 4.79 Å². The minimum absolute atomic E-state index is 0.0590. The molecule has 1 unspecified atom stereocenters. The number of rotatable bonds is 3. The molecule has 1 atom stereocenters. The van der Waals surface area contributed by atoms with Gasteiger partial charge < -0.3 is 5.32 Å². The van der Waals surface area contributed by atoms with Gasteiger partial charge in [-0.2, -0.15) is 0 Å². The third-order valence-electron chi connectivity index (χ3n) is 5.36. The summed E-state index contributed by atoms with van der Waals surface area (Å²) in [7, 11) is 0. The predicted octanol–water partition coefficient (Wildman–Crippen LogP) is 6.24. The van der Waals surface area contributed by atoms with E-state index in [4.69, 9.17) is 23.2 Å². The number of fused-ring (bicyclic) bond motifs is 1. The van der Waals surface area contributed by atoms with Gasteiger partial charge in [0.25, 0.3) is 0 Å². The molecule has 0 aliphatic heterocycles. The highest BCUT2D eigenvalue weighted by Crippen LogP contribution is 2.38. The van der Waals surface area contributed by atoms with Crippen molar-refractivity contribution < 1.29 is 4.79 Å². The first-order valence-electron chi connectivity index (χ1n) is 9.20. The molecule has 1 saturated carbocycles. The average Bonchev–Trinajstić information content (AvgIpc) is 2.92. The fourth-order valence-corrected chi connectivity index (χ4v) is 4.33. The van der Waals surface area contributed by atoms with Crippen LogP contribution in [0.4, 0.5) is 0 Å². The summed E-state index contributed by atoms with van der Waals surface area (Å²) in [6, 6.07) is 13.8. The van der Waals surface area contributed by atoms with Gasteiger partial charge in [0.05, 0.1) is 16.1 Å². The van der Waals surface area contributed by atoms with Gasteiger partial charge in [0.2, 0.25) is 0 Å². The monoisotopic (exact) mass is 385 g/mol. The lowest BCUT2D eigenvalue weighted by molar-refractivity contribution is 0.103. The highest BCUT2D eigenvalue weighted by molar-refractivity contribution is 6.42. The van der Waals surface area contributed by atoms with Crippen LogP contribution in [-0.2, 0) is 0 Å². The molecule has 2 nitrogen and oxygen atoms in total. The maximum Gasteiger partial charge on any atom is 0.191 e. The first-order chi connectivity index (χ1) is 12.6. The number of carbonyl (C=O) groups excluding carboxylic acids is 1. The van der Waals surface area contributed by atoms with Crippen LogP contribution in [0.1, 0.15) is 59.6 Å². The van der Waals surface area contributed by atoms with E-state index in [1.165, 1.54) is 32.1 Å². The SMILES string of the molecule is O=C1/C(=C/c2ccc(Cl)c(Cl)c2)C(NC2CCCCC2)c2ccccc21. The lowest BCUT2D eigenvalue weighted by Crippen LogP contribution is -2.34. The van der Waals surface area contributed by atoms with Crippen molar-refractivity contribution in [3.05, 3.63) is 74.8 Å². The predicted molar refractivity (Wildman–Crippen MR) is 108 cm³/mol. The second-order valence-corrected chi connectivity index (χ2v) is 7.94. The number of hydrogen-bond donors (Lipinski definition) is 1. The van der Waals surface area contributed by atoms with Gasteiger partial charge in [0.1, 0.15) is 0 Å². The van der Waals surface area contributed by atoms with Gasteiger partial charge in [-0.05, 0) is 42.2 Å². The minimum Gasteiger partial charge on any atom is -0.303 e. The van der Waals surface area contributed by atoms with Crippen molar-refractivity contribution in [1.29, 1.82) is 0 Å². The van der Waals surface area contributed by atoms with Crippen LogP contribution in [0.3, 0.4) is 0 Å². The van der Waals surface area contributed by atoms with Crippen LogP contribution < -0.4 is 5.32 Å². The summed E-state index contributed by atoms with van der Waals surface area (Å²) in [5, 5.41) is 4.77. The molecule has 4 heteroatoms. The number of nitrogens with one attached hydrogen (secondary N) is 1. The van der Waals surface area contributed by atoms with E-state index in [1.54, 1.807) is 6.07 Å². The van der Waals surface area contributed by atoms with E-state index in [9.17, 15) is 4.79 Å². The zero-order chi connectivity index (χ0) is 18.1. The fourth-order valence-electron chi connectivity index (χ4n) is 4.02. The smallest absolute Gasteiger partial charge is 0.191 e. The molecule has 0 amide bonds. The van der Waals surface area contributed by atoms with E-state index >= 15 is 0 Å². The Morgan fingerprint density at radius 2 is 1.73 bits per heavy atom. The summed E-state index contributed by atoms with van der Waals surface area (Å²) >= 11 is 12.2. The van der Waals surface area contributed by atoms with E-state index in [-0.39, 0.29) is 11.8 Å². The summed E-state index contributed by atoms with van der Waals surface area (Å²) < 4.78 is 0. The highest BCUT2D eigenvalue weighted by Gasteiger charge is 2.35. The second kappa shape index (κ2) is 7.56. The third kappa shape index (κ3) is 3.46. The Balaban J connectivity index is 1.71. The van der Waals surface area contributed by atoms with Crippen LogP contribution in [-0.4, -0.2) is 11.8 Å². The fraction of sp³-hybridized carbons (Fsp3) is 0.318. The summed E-state index contributed by atoms with van der Waals surface area (Å²) in [6.45, 7) is 0. The molecular formula is C22H21Cl2NO. The maximum atomic E-state index is 13.0. The molecule has 2 aromatic carbocycles. The number of ketones is 1. The zero-order valence-electron chi connectivity index (χ0n) is 14.5. The molecule has 4 rings (SSSR count). The molecule has 0 aromatic heterocycles. The van der Waals surface area contributed by atoms with Crippen LogP contribution in [0.15, 0.2) is 48.0 Å². The number of hydrogen-bond acceptors (Lipinski definition) is 2. The molecule has 2 aliphatic rings. The van der Waals surface area contributed by atoms with E-state index in [1.807, 2.05) is 36.4 Å². The molecular weight excluding hydrogens is 365 g/mol. The molecule has 2 aromatic rings. The van der Waals surface area contributed by atoms with Crippen molar-refractivity contribution in [2.75, 3.05) is 0 Å². The van der Waals surface area contributed by atoms with Crippen molar-refractivity contribution in [3.63, 3.8) is 0 Å². The first-order valence-corrected chi connectivity index (χ1v) is 9.95. The molecule has 134 valence electrons. The van der Waals surface area contributed by atoms with E-state index in [0.29, 0.717) is 16.1 Å². The minimum atomic E-state index is -0.0590. The lowest BCUT2D eigenvalue weighted by atomic mass is 9.93. The second-order valence-electron chi connectivity index (χ2n) is 7.12. The van der Waals surface area contributed by atoms with Crippen LogP contribution in [0.5, 0.6) is 0 Å². The number of halogens is 2. The molecule has 0 spiro atoms. The summed E-state index contributed by atoms with van der Waals surface area (Å²) in [5.41, 5.74) is 3.56. The van der Waals surface area contributed by atoms with Crippen molar-refractivity contribution in [2.45, 2.75) is 44.2 Å². The van der Waals surface area contributed by atoms with Crippen LogP contribution in [0.25, 0.3) is 6.08 Å². The molecule has 0 saturated heterocycles. The zero-order valence-corrected chi connectivity index (χ0v) is 16.0. The summed E-state index contributed by atoms with van der Waals surface area (Å²) in [4.78, 5) is 13.0. The Hall–Kier alpha value is -1.61. The number of carbonyl (C=O) groups is 1. The van der Waals surface area contributed by atoms with Crippen molar-refractivity contribution >= 4 is 35.1 Å².